The molecule has 0 fully saturated rings. The van der Waals surface area contributed by atoms with Crippen LogP contribution in [0, 0.1) is 0 Å². The normalized spacial score (nSPS) is 17.7. The van der Waals surface area contributed by atoms with E-state index in [0.717, 1.165) is 4.90 Å². The van der Waals surface area contributed by atoms with E-state index in [4.69, 9.17) is 20.3 Å². The van der Waals surface area contributed by atoms with Crippen molar-refractivity contribution in [2.45, 2.75) is 56.4 Å². The van der Waals surface area contributed by atoms with E-state index in [9.17, 15) is 39.0 Å². The number of carbonyl (C=O) groups excluding carboxylic acids is 6. The standard InChI is InChI=1S/C34H48N8O11/c1-17(34(52-4)53-5)39-31(49)23-13-18-6-8-24(44)20(12-18)21-14-19(7-9-25(21)45)28(32(50)37-15-26(46)40-23)42(3)27(47)16-38-33(51)29(35)41-30(48)22(36-2)10-11-43/h6-9,12,14,17,22-23,28-29,34,36,43-45H,10-11,13,15-16,35H2,1-5H3,(H,37,50)(H,38,51)(H,39,49)(H,40,46)(H,41,48)/t17-,22+,23-,28-,29-/m0/s1. The highest BCUT2D eigenvalue weighted by Gasteiger charge is 2.32. The Kier molecular flexibility index (Phi) is 15.5. The Morgan fingerprint density at radius 1 is 1.00 bits per heavy atom. The zero-order valence-corrected chi connectivity index (χ0v) is 30.1. The maximum Gasteiger partial charge on any atom is 0.257 e. The predicted octanol–water partition coefficient (Wildman–Crippen LogP) is -2.97. The van der Waals surface area contributed by atoms with E-state index in [2.05, 4.69) is 31.9 Å². The van der Waals surface area contributed by atoms with Crippen molar-refractivity contribution in [2.75, 3.05) is 48.0 Å². The summed E-state index contributed by atoms with van der Waals surface area (Å²) in [6.45, 7) is 0.0886. The predicted molar refractivity (Wildman–Crippen MR) is 188 cm³/mol. The molecule has 1 heterocycles. The summed E-state index contributed by atoms with van der Waals surface area (Å²) in [7, 11) is 5.57. The summed E-state index contributed by atoms with van der Waals surface area (Å²) < 4.78 is 10.4. The molecule has 2 aromatic carbocycles. The van der Waals surface area contributed by atoms with Crippen molar-refractivity contribution in [2.24, 2.45) is 5.73 Å². The third kappa shape index (κ3) is 11.1. The van der Waals surface area contributed by atoms with Crippen molar-refractivity contribution < 1.29 is 53.6 Å². The van der Waals surface area contributed by atoms with Gasteiger partial charge in [0.2, 0.25) is 29.5 Å². The van der Waals surface area contributed by atoms with E-state index in [0.29, 0.717) is 5.56 Å². The Labute approximate surface area is 305 Å². The summed E-state index contributed by atoms with van der Waals surface area (Å²) in [6, 6.07) is 4.40. The number of nitrogens with two attached hydrogens (primary N) is 1. The van der Waals surface area contributed by atoms with Crippen LogP contribution in [0.15, 0.2) is 36.4 Å². The average Bonchev–Trinajstić information content (AvgIpc) is 3.12. The summed E-state index contributed by atoms with van der Waals surface area (Å²) in [6.07, 6.45) is -2.33. The fourth-order valence-electron chi connectivity index (χ4n) is 5.66. The van der Waals surface area contributed by atoms with Crippen molar-refractivity contribution >= 4 is 35.4 Å². The van der Waals surface area contributed by atoms with Gasteiger partial charge in [0.15, 0.2) is 12.5 Å². The maximum atomic E-state index is 13.7. The van der Waals surface area contributed by atoms with Gasteiger partial charge >= 0.3 is 0 Å². The molecule has 6 amide bonds. The number of nitrogens with zero attached hydrogens (tertiary/aromatic N) is 1. The van der Waals surface area contributed by atoms with Crippen LogP contribution in [-0.2, 0) is 44.7 Å². The third-order valence-corrected chi connectivity index (χ3v) is 8.55. The number of phenols is 2. The van der Waals surface area contributed by atoms with E-state index in [1.807, 2.05) is 0 Å². The van der Waals surface area contributed by atoms with E-state index >= 15 is 0 Å². The lowest BCUT2D eigenvalue weighted by atomic mass is 9.94. The number of ether oxygens (including phenoxy) is 2. The Morgan fingerprint density at radius 2 is 1.64 bits per heavy atom. The molecule has 0 aliphatic carbocycles. The van der Waals surface area contributed by atoms with Crippen molar-refractivity contribution in [1.82, 2.24) is 36.8 Å². The van der Waals surface area contributed by atoms with Crippen molar-refractivity contribution in [1.29, 1.82) is 0 Å². The number of methoxy groups -OCH3 is 2. The summed E-state index contributed by atoms with van der Waals surface area (Å²) in [4.78, 5) is 79.7. The van der Waals surface area contributed by atoms with Crippen LogP contribution in [0.1, 0.15) is 30.5 Å². The fraction of sp³-hybridized carbons (Fsp3) is 0.471. The molecular weight excluding hydrogens is 696 g/mol. The second kappa shape index (κ2) is 19.5. The first-order valence-electron chi connectivity index (χ1n) is 16.6. The average molecular weight is 745 g/mol. The number of likely N-dealkylation sites (N-methyl/N-ethyl adjacent to an activating group) is 2. The van der Waals surface area contributed by atoms with Gasteiger partial charge in [0, 0.05) is 45.4 Å². The maximum absolute atomic E-state index is 13.7. The Balaban J connectivity index is 1.92. The van der Waals surface area contributed by atoms with E-state index in [-0.39, 0.29) is 47.6 Å². The van der Waals surface area contributed by atoms with Gasteiger partial charge in [-0.25, -0.2) is 0 Å². The number of rotatable bonds is 14. The molecule has 11 N–H and O–H groups in total. The van der Waals surface area contributed by atoms with Gasteiger partial charge in [0.05, 0.1) is 25.2 Å². The molecule has 290 valence electrons. The minimum absolute atomic E-state index is 0.0474. The first kappa shape index (κ1) is 42.1. The molecule has 1 aliphatic heterocycles. The lowest BCUT2D eigenvalue weighted by Gasteiger charge is -2.29. The lowest BCUT2D eigenvalue weighted by Crippen LogP contribution is -2.57. The molecule has 2 aromatic rings. The fourth-order valence-corrected chi connectivity index (χ4v) is 5.66. The molecule has 1 aliphatic rings. The summed E-state index contributed by atoms with van der Waals surface area (Å²) in [5.74, 6) is -5.04. The largest absolute Gasteiger partial charge is 0.507 e. The first-order chi connectivity index (χ1) is 25.1. The molecular formula is C34H48N8O11. The summed E-state index contributed by atoms with van der Waals surface area (Å²) in [5, 5.41) is 46.0. The molecule has 0 spiro atoms. The summed E-state index contributed by atoms with van der Waals surface area (Å²) in [5.41, 5.74) is 6.69. The van der Waals surface area contributed by atoms with Crippen LogP contribution in [0.3, 0.4) is 0 Å². The molecule has 4 bridgehead atoms. The SMILES string of the molecule is CN[C@H](CCO)C(=O)N[C@H](N)C(=O)NCC(=O)N(C)[C@@H]1C(=O)NCC(=O)N[C@H](C(=O)N[C@@H](C)C(OC)OC)Cc2ccc(O)c(c2)-c2cc1ccc2O. The minimum atomic E-state index is -1.55. The molecule has 53 heavy (non-hydrogen) atoms. The highest BCUT2D eigenvalue weighted by Crippen LogP contribution is 2.38. The van der Waals surface area contributed by atoms with E-state index in [1.165, 1.54) is 58.6 Å². The number of hydrogen-bond donors (Lipinski definition) is 10. The van der Waals surface area contributed by atoms with Crippen molar-refractivity contribution in [3.63, 3.8) is 0 Å². The number of benzene rings is 2. The van der Waals surface area contributed by atoms with Gasteiger partial charge in [-0.2, -0.15) is 0 Å². The van der Waals surface area contributed by atoms with Crippen LogP contribution in [0.5, 0.6) is 11.5 Å². The highest BCUT2D eigenvalue weighted by atomic mass is 16.7. The monoisotopic (exact) mass is 744 g/mol. The van der Waals surface area contributed by atoms with Gasteiger partial charge < -0.3 is 67.3 Å². The molecule has 19 nitrogen and oxygen atoms in total. The molecule has 0 unspecified atom stereocenters. The first-order valence-corrected chi connectivity index (χ1v) is 16.6. The number of nitrogens with one attached hydrogen (secondary N) is 6. The topological polar surface area (TPSA) is 283 Å². The van der Waals surface area contributed by atoms with E-state index in [1.54, 1.807) is 13.0 Å². The molecule has 0 saturated heterocycles. The molecule has 0 radical (unpaired) electrons. The number of aromatic hydroxyl groups is 2. The van der Waals surface area contributed by atoms with Gasteiger partial charge in [0.25, 0.3) is 5.91 Å². The third-order valence-electron chi connectivity index (χ3n) is 8.55. The van der Waals surface area contributed by atoms with Gasteiger partial charge in [0.1, 0.15) is 23.6 Å². The Morgan fingerprint density at radius 3 is 2.26 bits per heavy atom. The number of fused-ring (bicyclic) bond motifs is 5. The second-order valence-electron chi connectivity index (χ2n) is 12.3. The minimum Gasteiger partial charge on any atom is -0.507 e. The molecule has 5 atom stereocenters. The zero-order chi connectivity index (χ0) is 39.4. The van der Waals surface area contributed by atoms with Crippen molar-refractivity contribution in [3.05, 3.63) is 47.5 Å². The number of aliphatic hydroxyl groups is 1. The Bertz CT molecular complexity index is 1650. The van der Waals surface area contributed by atoms with Gasteiger partial charge in [-0.3, -0.25) is 28.8 Å². The van der Waals surface area contributed by atoms with Gasteiger partial charge in [-0.15, -0.1) is 0 Å². The van der Waals surface area contributed by atoms with Gasteiger partial charge in [-0.05, 0) is 55.8 Å². The Hall–Kier alpha value is -5.34. The molecule has 0 saturated carbocycles. The summed E-state index contributed by atoms with van der Waals surface area (Å²) >= 11 is 0. The number of hydrogen-bond acceptors (Lipinski definition) is 13. The number of aliphatic hydroxyl groups excluding tert-OH is 1. The number of carbonyl (C=O) groups is 6. The van der Waals surface area contributed by atoms with Gasteiger partial charge in [-0.1, -0.05) is 12.1 Å². The highest BCUT2D eigenvalue weighted by molar-refractivity contribution is 5.95. The van der Waals surface area contributed by atoms with Crippen LogP contribution in [0.4, 0.5) is 0 Å². The van der Waals surface area contributed by atoms with Crippen LogP contribution >= 0.6 is 0 Å². The molecule has 3 rings (SSSR count). The van der Waals surface area contributed by atoms with Crippen molar-refractivity contribution in [3.8, 4) is 22.6 Å². The van der Waals surface area contributed by atoms with Crippen LogP contribution < -0.4 is 37.6 Å². The quantitative estimate of drug-likeness (QED) is 0.0867. The smallest absolute Gasteiger partial charge is 0.257 e. The number of phenolic OH excluding ortho intramolecular Hbond substituents is 2. The van der Waals surface area contributed by atoms with Crippen LogP contribution in [0.2, 0.25) is 0 Å². The molecule has 0 aromatic heterocycles. The zero-order valence-electron chi connectivity index (χ0n) is 30.1. The van der Waals surface area contributed by atoms with Crippen LogP contribution in [0.25, 0.3) is 11.1 Å². The van der Waals surface area contributed by atoms with E-state index < -0.39 is 85.2 Å². The second-order valence-corrected chi connectivity index (χ2v) is 12.3. The lowest BCUT2D eigenvalue weighted by molar-refractivity contribution is -0.140. The van der Waals surface area contributed by atoms with Crippen LogP contribution in [-0.4, -0.2) is 134 Å². The number of amides is 6. The molecule has 19 heteroatoms.